The van der Waals surface area contributed by atoms with Gasteiger partial charge in [0.15, 0.2) is 5.69 Å². The van der Waals surface area contributed by atoms with Gasteiger partial charge < -0.3 is 5.32 Å². The van der Waals surface area contributed by atoms with Crippen LogP contribution in [0.5, 0.6) is 0 Å². The SMILES string of the molecule is C[C@H](NC(=O)c1cn(Cc2c(F)cccc2Cl)nn1)c1ccncc1. The van der Waals surface area contributed by atoms with Gasteiger partial charge in [-0.05, 0) is 36.8 Å². The van der Waals surface area contributed by atoms with Gasteiger partial charge in [-0.25, -0.2) is 9.07 Å². The molecule has 2 heterocycles. The Labute approximate surface area is 148 Å². The van der Waals surface area contributed by atoms with Crippen molar-refractivity contribution in [2.45, 2.75) is 19.5 Å². The number of amides is 1. The van der Waals surface area contributed by atoms with Gasteiger partial charge in [0.2, 0.25) is 0 Å². The van der Waals surface area contributed by atoms with Gasteiger partial charge in [0, 0.05) is 23.0 Å². The second-order valence-corrected chi connectivity index (χ2v) is 5.88. The van der Waals surface area contributed by atoms with Crippen LogP contribution in [-0.4, -0.2) is 25.9 Å². The second kappa shape index (κ2) is 7.40. The molecular weight excluding hydrogens is 345 g/mol. The van der Waals surface area contributed by atoms with E-state index in [9.17, 15) is 9.18 Å². The van der Waals surface area contributed by atoms with Crippen LogP contribution in [0.4, 0.5) is 4.39 Å². The summed E-state index contributed by atoms with van der Waals surface area (Å²) in [4.78, 5) is 16.2. The Morgan fingerprint density at radius 2 is 2.08 bits per heavy atom. The van der Waals surface area contributed by atoms with Crippen LogP contribution in [0.25, 0.3) is 0 Å². The highest BCUT2D eigenvalue weighted by atomic mass is 35.5. The number of carbonyl (C=O) groups is 1. The molecule has 128 valence electrons. The van der Waals surface area contributed by atoms with Crippen LogP contribution in [0.3, 0.4) is 0 Å². The van der Waals surface area contributed by atoms with Crippen molar-refractivity contribution < 1.29 is 9.18 Å². The zero-order chi connectivity index (χ0) is 17.8. The molecule has 0 aliphatic heterocycles. The number of pyridine rings is 1. The van der Waals surface area contributed by atoms with Crippen molar-refractivity contribution in [1.82, 2.24) is 25.3 Å². The number of nitrogens with one attached hydrogen (secondary N) is 1. The molecule has 6 nitrogen and oxygen atoms in total. The van der Waals surface area contributed by atoms with E-state index >= 15 is 0 Å². The minimum atomic E-state index is -0.430. The van der Waals surface area contributed by atoms with Crippen molar-refractivity contribution in [3.05, 3.63) is 76.6 Å². The molecule has 0 spiro atoms. The Balaban J connectivity index is 1.70. The average molecular weight is 360 g/mol. The molecule has 1 N–H and O–H groups in total. The molecule has 0 unspecified atom stereocenters. The van der Waals surface area contributed by atoms with Gasteiger partial charge in [-0.2, -0.15) is 0 Å². The van der Waals surface area contributed by atoms with E-state index in [0.717, 1.165) is 5.56 Å². The summed E-state index contributed by atoms with van der Waals surface area (Å²) in [5.41, 5.74) is 1.37. The van der Waals surface area contributed by atoms with E-state index in [1.54, 1.807) is 18.5 Å². The molecule has 2 aromatic heterocycles. The smallest absolute Gasteiger partial charge is 0.273 e. The van der Waals surface area contributed by atoms with Crippen LogP contribution in [-0.2, 0) is 6.54 Å². The summed E-state index contributed by atoms with van der Waals surface area (Å²) in [5.74, 6) is -0.796. The normalized spacial score (nSPS) is 12.0. The fourth-order valence-electron chi connectivity index (χ4n) is 2.33. The maximum absolute atomic E-state index is 13.8. The van der Waals surface area contributed by atoms with E-state index < -0.39 is 5.82 Å². The number of carbonyl (C=O) groups excluding carboxylic acids is 1. The van der Waals surface area contributed by atoms with Crippen LogP contribution in [0.2, 0.25) is 5.02 Å². The third-order valence-electron chi connectivity index (χ3n) is 3.71. The summed E-state index contributed by atoms with van der Waals surface area (Å²) >= 11 is 6.00. The van der Waals surface area contributed by atoms with Crippen molar-refractivity contribution in [3.63, 3.8) is 0 Å². The van der Waals surface area contributed by atoms with Gasteiger partial charge in [-0.15, -0.1) is 5.10 Å². The van der Waals surface area contributed by atoms with Crippen LogP contribution in [0.1, 0.15) is 34.6 Å². The monoisotopic (exact) mass is 359 g/mol. The van der Waals surface area contributed by atoms with E-state index in [1.165, 1.54) is 23.0 Å². The van der Waals surface area contributed by atoms with Crippen LogP contribution >= 0.6 is 11.6 Å². The molecule has 0 aliphatic rings. The summed E-state index contributed by atoms with van der Waals surface area (Å²) in [7, 11) is 0. The van der Waals surface area contributed by atoms with Crippen molar-refractivity contribution in [3.8, 4) is 0 Å². The molecule has 25 heavy (non-hydrogen) atoms. The molecule has 0 saturated carbocycles. The molecule has 8 heteroatoms. The van der Waals surface area contributed by atoms with Gasteiger partial charge in [-0.1, -0.05) is 22.9 Å². The minimum Gasteiger partial charge on any atom is -0.344 e. The van der Waals surface area contributed by atoms with Crippen molar-refractivity contribution in [2.75, 3.05) is 0 Å². The average Bonchev–Trinajstić information content (AvgIpc) is 3.08. The zero-order valence-corrected chi connectivity index (χ0v) is 14.1. The lowest BCUT2D eigenvalue weighted by Crippen LogP contribution is -2.27. The number of rotatable bonds is 5. The molecule has 1 aromatic carbocycles. The van der Waals surface area contributed by atoms with E-state index in [1.807, 2.05) is 19.1 Å². The van der Waals surface area contributed by atoms with Crippen LogP contribution in [0.15, 0.2) is 48.9 Å². The number of halogens is 2. The first-order valence-electron chi connectivity index (χ1n) is 7.58. The summed E-state index contributed by atoms with van der Waals surface area (Å²) in [6.07, 6.45) is 4.77. The fraction of sp³-hybridized carbons (Fsp3) is 0.176. The molecule has 0 aliphatic carbocycles. The lowest BCUT2D eigenvalue weighted by molar-refractivity contribution is 0.0934. The van der Waals surface area contributed by atoms with Crippen LogP contribution < -0.4 is 5.32 Å². The molecule has 3 rings (SSSR count). The maximum Gasteiger partial charge on any atom is 0.273 e. The first-order chi connectivity index (χ1) is 12.0. The summed E-state index contributed by atoms with van der Waals surface area (Å²) < 4.78 is 15.2. The highest BCUT2D eigenvalue weighted by Crippen LogP contribution is 2.19. The largest absolute Gasteiger partial charge is 0.344 e. The second-order valence-electron chi connectivity index (χ2n) is 5.48. The van der Waals surface area contributed by atoms with Gasteiger partial charge in [0.1, 0.15) is 5.82 Å². The van der Waals surface area contributed by atoms with E-state index in [0.29, 0.717) is 10.6 Å². The predicted octanol–water partition coefficient (Wildman–Crippen LogP) is 3.00. The third kappa shape index (κ3) is 4.00. The fourth-order valence-corrected chi connectivity index (χ4v) is 2.55. The lowest BCUT2D eigenvalue weighted by atomic mass is 10.1. The van der Waals surface area contributed by atoms with E-state index in [4.69, 9.17) is 11.6 Å². The van der Waals surface area contributed by atoms with E-state index in [2.05, 4.69) is 20.6 Å². The van der Waals surface area contributed by atoms with Crippen molar-refractivity contribution >= 4 is 17.5 Å². The lowest BCUT2D eigenvalue weighted by Gasteiger charge is -2.12. The molecule has 0 saturated heterocycles. The van der Waals surface area contributed by atoms with Crippen molar-refractivity contribution in [2.24, 2.45) is 0 Å². The molecule has 0 fully saturated rings. The molecule has 1 amide bonds. The maximum atomic E-state index is 13.8. The Morgan fingerprint density at radius 3 is 2.80 bits per heavy atom. The third-order valence-corrected chi connectivity index (χ3v) is 4.06. The Hall–Kier alpha value is -2.80. The Kier molecular flexibility index (Phi) is 5.04. The summed E-state index contributed by atoms with van der Waals surface area (Å²) in [5, 5.41) is 10.8. The van der Waals surface area contributed by atoms with Gasteiger partial charge in [0.05, 0.1) is 18.8 Å². The molecule has 1 atom stereocenters. The number of aromatic nitrogens is 4. The van der Waals surface area contributed by atoms with Crippen LogP contribution in [0, 0.1) is 5.82 Å². The molecule has 0 bridgehead atoms. The standard InChI is InChI=1S/C17H15ClFN5O/c1-11(12-5-7-20-8-6-12)21-17(25)16-10-24(23-22-16)9-13-14(18)3-2-4-15(13)19/h2-8,10-11H,9H2,1H3,(H,21,25)/t11-/m0/s1. The van der Waals surface area contributed by atoms with Gasteiger partial charge >= 0.3 is 0 Å². The highest BCUT2D eigenvalue weighted by Gasteiger charge is 2.16. The van der Waals surface area contributed by atoms with Crippen molar-refractivity contribution in [1.29, 1.82) is 0 Å². The Bertz CT molecular complexity index is 864. The Morgan fingerprint density at radius 1 is 1.32 bits per heavy atom. The highest BCUT2D eigenvalue weighted by molar-refractivity contribution is 6.31. The topological polar surface area (TPSA) is 72.7 Å². The van der Waals surface area contributed by atoms with E-state index in [-0.39, 0.29) is 24.2 Å². The summed E-state index contributed by atoms with van der Waals surface area (Å²) in [6, 6.07) is 7.89. The first-order valence-corrected chi connectivity index (χ1v) is 7.96. The quantitative estimate of drug-likeness (QED) is 0.760. The summed E-state index contributed by atoms with van der Waals surface area (Å²) in [6.45, 7) is 1.95. The molecule has 3 aromatic rings. The number of hydrogen-bond acceptors (Lipinski definition) is 4. The predicted molar refractivity (Wildman–Crippen MR) is 90.7 cm³/mol. The number of benzene rings is 1. The first kappa shape index (κ1) is 17.0. The van der Waals surface area contributed by atoms with Gasteiger partial charge in [-0.3, -0.25) is 9.78 Å². The van der Waals surface area contributed by atoms with Gasteiger partial charge in [0.25, 0.3) is 5.91 Å². The zero-order valence-electron chi connectivity index (χ0n) is 13.4. The number of hydrogen-bond donors (Lipinski definition) is 1. The minimum absolute atomic E-state index is 0.0890. The molecular formula is C17H15ClFN5O. The molecule has 0 radical (unpaired) electrons. The number of nitrogens with zero attached hydrogens (tertiary/aromatic N) is 4.